The molecule has 1 saturated heterocycles. The molecule has 3 rings (SSSR count). The smallest absolute Gasteiger partial charge is 0.219 e. The lowest BCUT2D eigenvalue weighted by Crippen LogP contribution is -2.35. The first kappa shape index (κ1) is 19.2. The Balaban J connectivity index is 1.83. The first-order chi connectivity index (χ1) is 12.7. The minimum absolute atomic E-state index is 0.0836. The number of nitrogen functional groups attached to an aromatic ring is 1. The van der Waals surface area contributed by atoms with Crippen LogP contribution in [-0.2, 0) is 21.1 Å². The molecule has 27 heavy (non-hydrogen) atoms. The summed E-state index contributed by atoms with van der Waals surface area (Å²) < 4.78 is 29.2. The Hall–Kier alpha value is -2.54. The molecule has 0 aromatic heterocycles. The molecule has 1 atom stereocenters. The van der Waals surface area contributed by atoms with Crippen molar-refractivity contribution in [2.24, 2.45) is 0 Å². The van der Waals surface area contributed by atoms with Crippen molar-refractivity contribution in [3.05, 3.63) is 48.0 Å². The summed E-state index contributed by atoms with van der Waals surface area (Å²) in [6.07, 6.45) is 3.79. The zero-order valence-electron chi connectivity index (χ0n) is 15.5. The average molecular weight is 388 g/mol. The highest BCUT2D eigenvalue weighted by Crippen LogP contribution is 2.31. The minimum Gasteiger partial charge on any atom is -0.457 e. The monoisotopic (exact) mass is 388 g/mol. The highest BCUT2D eigenvalue weighted by molar-refractivity contribution is 7.90. The van der Waals surface area contributed by atoms with Crippen LogP contribution in [0.4, 0.5) is 5.69 Å². The van der Waals surface area contributed by atoms with E-state index in [4.69, 9.17) is 10.5 Å². The average Bonchev–Trinajstić information content (AvgIpc) is 3.05. The van der Waals surface area contributed by atoms with Crippen LogP contribution in [0.5, 0.6) is 11.5 Å². The van der Waals surface area contributed by atoms with Gasteiger partial charge in [-0.1, -0.05) is 0 Å². The largest absolute Gasteiger partial charge is 0.457 e. The van der Waals surface area contributed by atoms with Gasteiger partial charge in [-0.25, -0.2) is 8.42 Å². The van der Waals surface area contributed by atoms with Crippen molar-refractivity contribution >= 4 is 21.4 Å². The maximum atomic E-state index is 11.8. The van der Waals surface area contributed by atoms with Gasteiger partial charge in [0.2, 0.25) is 5.91 Å². The molecule has 144 valence electrons. The van der Waals surface area contributed by atoms with Crippen LogP contribution in [0.2, 0.25) is 0 Å². The Morgan fingerprint density at radius 3 is 2.56 bits per heavy atom. The van der Waals surface area contributed by atoms with Crippen molar-refractivity contribution < 1.29 is 17.9 Å². The van der Waals surface area contributed by atoms with Gasteiger partial charge in [-0.3, -0.25) is 4.79 Å². The topological polar surface area (TPSA) is 89.7 Å². The summed E-state index contributed by atoms with van der Waals surface area (Å²) in [6.45, 7) is 2.38. The second-order valence-corrected chi connectivity index (χ2v) is 8.94. The Labute approximate surface area is 159 Å². The molecule has 2 aromatic rings. The van der Waals surface area contributed by atoms with Crippen LogP contribution in [0.25, 0.3) is 0 Å². The third kappa shape index (κ3) is 4.60. The van der Waals surface area contributed by atoms with Crippen molar-refractivity contribution in [2.75, 3.05) is 18.5 Å². The number of nitrogens with two attached hydrogens (primary N) is 1. The number of benzene rings is 2. The molecule has 0 spiro atoms. The molecule has 1 aliphatic heterocycles. The highest BCUT2D eigenvalue weighted by atomic mass is 32.2. The van der Waals surface area contributed by atoms with Gasteiger partial charge in [-0.05, 0) is 67.3 Å². The van der Waals surface area contributed by atoms with Crippen molar-refractivity contribution in [1.82, 2.24) is 4.90 Å². The number of sulfone groups is 1. The minimum atomic E-state index is -3.25. The van der Waals surface area contributed by atoms with E-state index in [1.165, 1.54) is 18.4 Å². The third-order valence-electron chi connectivity index (χ3n) is 4.80. The third-order valence-corrected chi connectivity index (χ3v) is 5.93. The molecule has 1 fully saturated rings. The predicted octanol–water partition coefficient (Wildman–Crippen LogP) is 3.02. The number of rotatable bonds is 5. The molecule has 0 saturated carbocycles. The standard InChI is InChI=1S/C20H24N2O4S/c1-14(23)22-11-3-4-17(22)13-15-12-16(21)5-10-20(15)26-18-6-8-19(9-7-18)27(2,24)25/h5-10,12,17H,3-4,11,13,21H2,1-2H3. The second-order valence-electron chi connectivity index (χ2n) is 6.93. The van der Waals surface area contributed by atoms with Crippen LogP contribution < -0.4 is 10.5 Å². The molecule has 1 amide bonds. The molecule has 1 heterocycles. The van der Waals surface area contributed by atoms with Gasteiger partial charge in [0, 0.05) is 31.5 Å². The van der Waals surface area contributed by atoms with Gasteiger partial charge >= 0.3 is 0 Å². The number of nitrogens with zero attached hydrogens (tertiary/aromatic N) is 1. The maximum Gasteiger partial charge on any atom is 0.219 e. The summed E-state index contributed by atoms with van der Waals surface area (Å²) in [7, 11) is -3.25. The van der Waals surface area contributed by atoms with Crippen LogP contribution in [0, 0.1) is 0 Å². The number of anilines is 1. The summed E-state index contributed by atoms with van der Waals surface area (Å²) in [5.41, 5.74) is 7.52. The van der Waals surface area contributed by atoms with E-state index in [2.05, 4.69) is 0 Å². The van der Waals surface area contributed by atoms with Gasteiger partial charge < -0.3 is 15.4 Å². The van der Waals surface area contributed by atoms with E-state index in [1.807, 2.05) is 17.0 Å². The number of hydrogen-bond acceptors (Lipinski definition) is 5. The molecular weight excluding hydrogens is 364 g/mol. The zero-order chi connectivity index (χ0) is 19.6. The Morgan fingerprint density at radius 2 is 1.93 bits per heavy atom. The summed E-state index contributed by atoms with van der Waals surface area (Å²) in [4.78, 5) is 14.0. The summed E-state index contributed by atoms with van der Waals surface area (Å²) in [5.74, 6) is 1.29. The molecular formula is C20H24N2O4S. The van der Waals surface area contributed by atoms with E-state index >= 15 is 0 Å². The number of carbonyl (C=O) groups is 1. The molecule has 0 radical (unpaired) electrons. The van der Waals surface area contributed by atoms with Crippen LogP contribution >= 0.6 is 0 Å². The van der Waals surface area contributed by atoms with Crippen LogP contribution in [0.3, 0.4) is 0 Å². The molecule has 0 aliphatic carbocycles. The van der Waals surface area contributed by atoms with Gasteiger partial charge in [0.05, 0.1) is 4.90 Å². The van der Waals surface area contributed by atoms with Crippen molar-refractivity contribution in [2.45, 2.75) is 37.1 Å². The first-order valence-corrected chi connectivity index (χ1v) is 10.8. The quantitative estimate of drug-likeness (QED) is 0.795. The first-order valence-electron chi connectivity index (χ1n) is 8.87. The van der Waals surface area contributed by atoms with Crippen molar-refractivity contribution in [3.8, 4) is 11.5 Å². The fourth-order valence-electron chi connectivity index (χ4n) is 3.46. The van der Waals surface area contributed by atoms with E-state index in [0.717, 1.165) is 24.9 Å². The predicted molar refractivity (Wildman–Crippen MR) is 105 cm³/mol. The van der Waals surface area contributed by atoms with Crippen molar-refractivity contribution in [3.63, 3.8) is 0 Å². The normalized spacial score (nSPS) is 17.1. The van der Waals surface area contributed by atoms with Crippen LogP contribution in [0.1, 0.15) is 25.3 Å². The maximum absolute atomic E-state index is 11.8. The van der Waals surface area contributed by atoms with E-state index in [9.17, 15) is 13.2 Å². The molecule has 0 bridgehead atoms. The van der Waals surface area contributed by atoms with Crippen molar-refractivity contribution in [1.29, 1.82) is 0 Å². The summed E-state index contributed by atoms with van der Waals surface area (Å²) >= 11 is 0. The fraction of sp³-hybridized carbons (Fsp3) is 0.350. The zero-order valence-corrected chi connectivity index (χ0v) is 16.3. The fourth-order valence-corrected chi connectivity index (χ4v) is 4.09. The lowest BCUT2D eigenvalue weighted by Gasteiger charge is -2.24. The van der Waals surface area contributed by atoms with E-state index in [1.54, 1.807) is 25.1 Å². The summed E-state index contributed by atoms with van der Waals surface area (Å²) in [5, 5.41) is 0. The second kappa shape index (κ2) is 7.60. The molecule has 1 aliphatic rings. The number of amides is 1. The highest BCUT2D eigenvalue weighted by Gasteiger charge is 2.27. The van der Waals surface area contributed by atoms with Gasteiger partial charge in [-0.2, -0.15) is 0 Å². The lowest BCUT2D eigenvalue weighted by atomic mass is 10.0. The molecule has 2 aromatic carbocycles. The SMILES string of the molecule is CC(=O)N1CCCC1Cc1cc(N)ccc1Oc1ccc(S(C)(=O)=O)cc1. The Kier molecular flexibility index (Phi) is 5.41. The Bertz CT molecular complexity index is 939. The number of ether oxygens (including phenoxy) is 1. The molecule has 2 N–H and O–H groups in total. The summed E-state index contributed by atoms with van der Waals surface area (Å²) in [6, 6.07) is 11.9. The Morgan fingerprint density at radius 1 is 1.22 bits per heavy atom. The lowest BCUT2D eigenvalue weighted by molar-refractivity contribution is -0.129. The van der Waals surface area contributed by atoms with Gasteiger partial charge in [-0.15, -0.1) is 0 Å². The van der Waals surface area contributed by atoms with Gasteiger partial charge in [0.15, 0.2) is 9.84 Å². The molecule has 7 heteroatoms. The number of hydrogen-bond donors (Lipinski definition) is 1. The van der Waals surface area contributed by atoms with Crippen LogP contribution in [-0.4, -0.2) is 38.1 Å². The van der Waals surface area contributed by atoms with E-state index in [-0.39, 0.29) is 16.8 Å². The molecule has 1 unspecified atom stereocenters. The van der Waals surface area contributed by atoms with E-state index < -0.39 is 9.84 Å². The number of likely N-dealkylation sites (tertiary alicyclic amines) is 1. The number of carbonyl (C=O) groups excluding carboxylic acids is 1. The van der Waals surface area contributed by atoms with Gasteiger partial charge in [0.25, 0.3) is 0 Å². The van der Waals surface area contributed by atoms with Crippen LogP contribution in [0.15, 0.2) is 47.4 Å². The van der Waals surface area contributed by atoms with E-state index in [0.29, 0.717) is 23.6 Å². The molecule has 6 nitrogen and oxygen atoms in total. The van der Waals surface area contributed by atoms with Gasteiger partial charge in [0.1, 0.15) is 11.5 Å².